The Kier molecular flexibility index (Phi) is 5.89. The van der Waals surface area contributed by atoms with E-state index < -0.39 is 0 Å². The Bertz CT molecular complexity index is 433. The maximum absolute atomic E-state index is 12.2. The molecule has 0 bridgehead atoms. The molecular formula is C16H22BrNO2. The third-order valence-electron chi connectivity index (χ3n) is 3.94. The summed E-state index contributed by atoms with van der Waals surface area (Å²) < 4.78 is 5.13. The van der Waals surface area contributed by atoms with Crippen LogP contribution in [0.5, 0.6) is 5.75 Å². The monoisotopic (exact) mass is 339 g/mol. The number of hydrogen-bond acceptors (Lipinski definition) is 2. The number of carbonyl (C=O) groups is 1. The minimum absolute atomic E-state index is 0.290. The van der Waals surface area contributed by atoms with Crippen molar-refractivity contribution in [1.29, 1.82) is 0 Å². The van der Waals surface area contributed by atoms with Crippen LogP contribution in [0.3, 0.4) is 0 Å². The Morgan fingerprint density at radius 3 is 2.80 bits per heavy atom. The predicted octanol–water partition coefficient (Wildman–Crippen LogP) is 3.26. The van der Waals surface area contributed by atoms with Crippen molar-refractivity contribution in [2.75, 3.05) is 25.5 Å². The number of likely N-dealkylation sites (tertiary alicyclic amines) is 1. The van der Waals surface area contributed by atoms with Gasteiger partial charge in [0.05, 0.1) is 7.11 Å². The quantitative estimate of drug-likeness (QED) is 0.744. The molecule has 2 rings (SSSR count). The number of ether oxygens (including phenoxy) is 1. The van der Waals surface area contributed by atoms with Gasteiger partial charge in [-0.1, -0.05) is 28.1 Å². The summed E-state index contributed by atoms with van der Waals surface area (Å²) in [5.41, 5.74) is 1.19. The van der Waals surface area contributed by atoms with Gasteiger partial charge in [-0.05, 0) is 42.9 Å². The van der Waals surface area contributed by atoms with Crippen LogP contribution in [0.15, 0.2) is 24.3 Å². The zero-order valence-corrected chi connectivity index (χ0v) is 13.6. The highest BCUT2D eigenvalue weighted by molar-refractivity contribution is 9.09. The molecule has 4 heteroatoms. The van der Waals surface area contributed by atoms with Crippen molar-refractivity contribution in [3.8, 4) is 5.75 Å². The van der Waals surface area contributed by atoms with Crippen LogP contribution < -0.4 is 4.74 Å². The number of carbonyl (C=O) groups excluding carboxylic acids is 1. The molecule has 1 saturated heterocycles. The molecule has 20 heavy (non-hydrogen) atoms. The molecule has 3 nitrogen and oxygen atoms in total. The van der Waals surface area contributed by atoms with Gasteiger partial charge in [-0.3, -0.25) is 4.79 Å². The molecule has 0 N–H and O–H groups in total. The number of benzene rings is 1. The Morgan fingerprint density at radius 2 is 2.15 bits per heavy atom. The number of aryl methyl sites for hydroxylation is 1. The number of hydrogen-bond donors (Lipinski definition) is 0. The summed E-state index contributed by atoms with van der Waals surface area (Å²) in [6, 6.07) is 7.96. The average molecular weight is 340 g/mol. The van der Waals surface area contributed by atoms with Crippen LogP contribution in [0.25, 0.3) is 0 Å². The highest BCUT2D eigenvalue weighted by Crippen LogP contribution is 2.21. The summed E-state index contributed by atoms with van der Waals surface area (Å²) in [7, 11) is 1.66. The van der Waals surface area contributed by atoms with Crippen molar-refractivity contribution in [3.63, 3.8) is 0 Å². The van der Waals surface area contributed by atoms with E-state index >= 15 is 0 Å². The maximum Gasteiger partial charge on any atom is 0.222 e. The van der Waals surface area contributed by atoms with Crippen molar-refractivity contribution in [2.45, 2.75) is 25.7 Å². The standard InChI is InChI=1S/C16H22BrNO2/c1-20-15-5-2-13(3-6-15)4-7-16(19)18-11-9-14(12-18)8-10-17/h2-3,5-6,14H,4,7-12H2,1H3. The van der Waals surface area contributed by atoms with Gasteiger partial charge >= 0.3 is 0 Å². The van der Waals surface area contributed by atoms with E-state index in [4.69, 9.17) is 4.74 Å². The topological polar surface area (TPSA) is 29.5 Å². The SMILES string of the molecule is COc1ccc(CCC(=O)N2CCC(CCBr)C2)cc1. The summed E-state index contributed by atoms with van der Waals surface area (Å²) >= 11 is 3.48. The van der Waals surface area contributed by atoms with Gasteiger partial charge < -0.3 is 9.64 Å². The predicted molar refractivity (Wildman–Crippen MR) is 84.4 cm³/mol. The molecule has 0 radical (unpaired) electrons. The number of methoxy groups -OCH3 is 1. The molecule has 1 aromatic carbocycles. The highest BCUT2D eigenvalue weighted by atomic mass is 79.9. The largest absolute Gasteiger partial charge is 0.497 e. The van der Waals surface area contributed by atoms with Gasteiger partial charge in [0.2, 0.25) is 5.91 Å². The van der Waals surface area contributed by atoms with Crippen LogP contribution in [0, 0.1) is 5.92 Å². The molecule has 1 atom stereocenters. The summed E-state index contributed by atoms with van der Waals surface area (Å²) in [6.07, 6.45) is 3.73. The molecule has 1 amide bonds. The molecule has 1 unspecified atom stereocenters. The first-order valence-electron chi connectivity index (χ1n) is 7.19. The first-order chi connectivity index (χ1) is 9.72. The van der Waals surface area contributed by atoms with Crippen molar-refractivity contribution in [2.24, 2.45) is 5.92 Å². The lowest BCUT2D eigenvalue weighted by Crippen LogP contribution is -2.28. The van der Waals surface area contributed by atoms with Crippen LogP contribution in [0.4, 0.5) is 0 Å². The summed E-state index contributed by atoms with van der Waals surface area (Å²) in [4.78, 5) is 14.2. The summed E-state index contributed by atoms with van der Waals surface area (Å²) in [5.74, 6) is 1.83. The molecule has 1 fully saturated rings. The minimum Gasteiger partial charge on any atom is -0.497 e. The Morgan fingerprint density at radius 1 is 1.40 bits per heavy atom. The van der Waals surface area contributed by atoms with Gasteiger partial charge in [-0.25, -0.2) is 0 Å². The third kappa shape index (κ3) is 4.23. The van der Waals surface area contributed by atoms with Gasteiger partial charge in [-0.15, -0.1) is 0 Å². The molecule has 0 aliphatic carbocycles. The number of halogens is 1. The molecule has 1 aromatic rings. The van der Waals surface area contributed by atoms with Gasteiger partial charge in [-0.2, -0.15) is 0 Å². The molecule has 110 valence electrons. The lowest BCUT2D eigenvalue weighted by molar-refractivity contribution is -0.130. The van der Waals surface area contributed by atoms with Crippen molar-refractivity contribution >= 4 is 21.8 Å². The minimum atomic E-state index is 0.290. The fourth-order valence-corrected chi connectivity index (χ4v) is 3.30. The van der Waals surface area contributed by atoms with E-state index in [9.17, 15) is 4.79 Å². The fourth-order valence-electron chi connectivity index (χ4n) is 2.65. The third-order valence-corrected chi connectivity index (χ3v) is 4.40. The van der Waals surface area contributed by atoms with Crippen LogP contribution in [-0.2, 0) is 11.2 Å². The van der Waals surface area contributed by atoms with Gasteiger partial charge in [0, 0.05) is 24.8 Å². The number of amides is 1. The highest BCUT2D eigenvalue weighted by Gasteiger charge is 2.25. The zero-order valence-electron chi connectivity index (χ0n) is 12.0. The number of rotatable bonds is 6. The molecule has 1 aliphatic rings. The second kappa shape index (κ2) is 7.67. The van der Waals surface area contributed by atoms with Crippen LogP contribution in [0.2, 0.25) is 0 Å². The van der Waals surface area contributed by atoms with Crippen molar-refractivity contribution in [3.05, 3.63) is 29.8 Å². The van der Waals surface area contributed by atoms with Crippen molar-refractivity contribution in [1.82, 2.24) is 4.90 Å². The van der Waals surface area contributed by atoms with E-state index in [-0.39, 0.29) is 5.91 Å². The lowest BCUT2D eigenvalue weighted by Gasteiger charge is -2.16. The van der Waals surface area contributed by atoms with E-state index in [1.807, 2.05) is 29.2 Å². The van der Waals surface area contributed by atoms with Gasteiger partial charge in [0.25, 0.3) is 0 Å². The molecule has 1 aliphatic heterocycles. The molecule has 0 spiro atoms. The van der Waals surface area contributed by atoms with E-state index in [0.29, 0.717) is 12.3 Å². The molecule has 1 heterocycles. The Labute approximate surface area is 129 Å². The summed E-state index contributed by atoms with van der Waals surface area (Å²) in [6.45, 7) is 1.87. The van der Waals surface area contributed by atoms with E-state index in [0.717, 1.165) is 37.0 Å². The average Bonchev–Trinajstić information content (AvgIpc) is 2.94. The number of nitrogens with zero attached hydrogens (tertiary/aromatic N) is 1. The van der Waals surface area contributed by atoms with Gasteiger partial charge in [0.15, 0.2) is 0 Å². The Hall–Kier alpha value is -1.03. The van der Waals surface area contributed by atoms with Crippen LogP contribution in [0.1, 0.15) is 24.8 Å². The Balaban J connectivity index is 1.77. The molecule has 0 aromatic heterocycles. The summed E-state index contributed by atoms with van der Waals surface area (Å²) in [5, 5.41) is 1.03. The van der Waals surface area contributed by atoms with E-state index in [1.165, 1.54) is 12.0 Å². The zero-order chi connectivity index (χ0) is 14.4. The van der Waals surface area contributed by atoms with E-state index in [1.54, 1.807) is 7.11 Å². The fraction of sp³-hybridized carbons (Fsp3) is 0.562. The van der Waals surface area contributed by atoms with Crippen LogP contribution >= 0.6 is 15.9 Å². The van der Waals surface area contributed by atoms with Crippen molar-refractivity contribution < 1.29 is 9.53 Å². The first-order valence-corrected chi connectivity index (χ1v) is 8.31. The number of alkyl halides is 1. The second-order valence-electron chi connectivity index (χ2n) is 5.32. The second-order valence-corrected chi connectivity index (χ2v) is 6.11. The maximum atomic E-state index is 12.2. The lowest BCUT2D eigenvalue weighted by atomic mass is 10.1. The normalized spacial score (nSPS) is 18.3. The first kappa shape index (κ1) is 15.4. The van der Waals surface area contributed by atoms with Gasteiger partial charge in [0.1, 0.15) is 5.75 Å². The smallest absolute Gasteiger partial charge is 0.222 e. The van der Waals surface area contributed by atoms with E-state index in [2.05, 4.69) is 15.9 Å². The molecular weight excluding hydrogens is 318 g/mol. The molecule has 0 saturated carbocycles. The van der Waals surface area contributed by atoms with Crippen LogP contribution in [-0.4, -0.2) is 36.3 Å².